The lowest BCUT2D eigenvalue weighted by atomic mass is 10.2. The molecule has 0 unspecified atom stereocenters. The van der Waals surface area contributed by atoms with Crippen molar-refractivity contribution in [2.75, 3.05) is 18.4 Å². The number of anilines is 1. The fraction of sp³-hybridized carbons (Fsp3) is 0.562. The first kappa shape index (κ1) is 15.7. The number of aromatic nitrogens is 4. The monoisotopic (exact) mass is 316 g/mol. The van der Waals surface area contributed by atoms with Crippen LogP contribution in [0, 0.1) is 20.8 Å². The largest absolute Gasteiger partial charge is 0.322 e. The van der Waals surface area contributed by atoms with Crippen molar-refractivity contribution in [3.8, 4) is 0 Å². The second kappa shape index (κ2) is 6.54. The molecule has 23 heavy (non-hydrogen) atoms. The van der Waals surface area contributed by atoms with Crippen molar-refractivity contribution in [1.29, 1.82) is 0 Å². The summed E-state index contributed by atoms with van der Waals surface area (Å²) in [6, 6.07) is 0.367. The lowest BCUT2D eigenvalue weighted by Crippen LogP contribution is -2.39. The Morgan fingerprint density at radius 2 is 2.26 bits per heavy atom. The summed E-state index contributed by atoms with van der Waals surface area (Å²) in [6.45, 7) is 8.05. The average molecular weight is 316 g/mol. The standard InChI is InChI=1S/C16H24N6O/c1-11-7-17-22(8-11)9-14-5-4-6-21(14)10-15(23)18-16-12(2)19-20-13(16)3/h7-8,14H,4-6,9-10H2,1-3H3,(H,18,23)(H,19,20)/t14-/m1/s1. The zero-order valence-electron chi connectivity index (χ0n) is 14.0. The summed E-state index contributed by atoms with van der Waals surface area (Å²) in [5.74, 6) is 0.0149. The second-order valence-electron chi connectivity index (χ2n) is 6.36. The van der Waals surface area contributed by atoms with Crippen LogP contribution in [0.1, 0.15) is 29.8 Å². The molecule has 2 aromatic rings. The van der Waals surface area contributed by atoms with Gasteiger partial charge in [-0.1, -0.05) is 0 Å². The Labute approximate surface area is 136 Å². The lowest BCUT2D eigenvalue weighted by Gasteiger charge is -2.23. The number of hydrogen-bond donors (Lipinski definition) is 2. The molecule has 1 aliphatic heterocycles. The minimum Gasteiger partial charge on any atom is -0.322 e. The minimum absolute atomic E-state index is 0.0149. The molecule has 3 heterocycles. The molecule has 3 rings (SSSR count). The van der Waals surface area contributed by atoms with Crippen molar-refractivity contribution >= 4 is 11.6 Å². The molecule has 2 N–H and O–H groups in total. The van der Waals surface area contributed by atoms with Crippen molar-refractivity contribution < 1.29 is 4.79 Å². The molecule has 1 aliphatic rings. The number of likely N-dealkylation sites (tertiary alicyclic amines) is 1. The van der Waals surface area contributed by atoms with Gasteiger partial charge in [-0.3, -0.25) is 19.5 Å². The summed E-state index contributed by atoms with van der Waals surface area (Å²) in [5.41, 5.74) is 3.67. The first-order valence-electron chi connectivity index (χ1n) is 8.07. The quantitative estimate of drug-likeness (QED) is 0.879. The average Bonchev–Trinajstić information content (AvgIpc) is 3.18. The van der Waals surface area contributed by atoms with Gasteiger partial charge in [-0.15, -0.1) is 0 Å². The predicted octanol–water partition coefficient (Wildman–Crippen LogP) is 1.63. The van der Waals surface area contributed by atoms with Crippen molar-refractivity contribution in [2.24, 2.45) is 0 Å². The molecule has 0 saturated carbocycles. The topological polar surface area (TPSA) is 78.8 Å². The highest BCUT2D eigenvalue weighted by Gasteiger charge is 2.27. The van der Waals surface area contributed by atoms with Gasteiger partial charge in [0, 0.05) is 12.2 Å². The van der Waals surface area contributed by atoms with E-state index < -0.39 is 0 Å². The Bertz CT molecular complexity index is 669. The van der Waals surface area contributed by atoms with E-state index in [0.717, 1.165) is 48.6 Å². The van der Waals surface area contributed by atoms with Gasteiger partial charge in [-0.25, -0.2) is 0 Å². The van der Waals surface area contributed by atoms with E-state index in [9.17, 15) is 4.79 Å². The first-order valence-corrected chi connectivity index (χ1v) is 8.07. The molecule has 0 aromatic carbocycles. The Morgan fingerprint density at radius 1 is 1.43 bits per heavy atom. The van der Waals surface area contributed by atoms with Crippen LogP contribution in [-0.2, 0) is 11.3 Å². The molecule has 2 aromatic heterocycles. The van der Waals surface area contributed by atoms with Crippen LogP contribution in [-0.4, -0.2) is 49.9 Å². The summed E-state index contributed by atoms with van der Waals surface area (Å²) in [6.07, 6.45) is 6.16. The Hall–Kier alpha value is -2.15. The van der Waals surface area contributed by atoms with Gasteiger partial charge in [-0.2, -0.15) is 10.2 Å². The summed E-state index contributed by atoms with van der Waals surface area (Å²) in [7, 11) is 0. The lowest BCUT2D eigenvalue weighted by molar-refractivity contribution is -0.117. The summed E-state index contributed by atoms with van der Waals surface area (Å²) < 4.78 is 1.97. The van der Waals surface area contributed by atoms with Gasteiger partial charge < -0.3 is 5.32 Å². The Morgan fingerprint density at radius 3 is 2.91 bits per heavy atom. The van der Waals surface area contributed by atoms with Crippen LogP contribution in [0.3, 0.4) is 0 Å². The number of nitrogens with one attached hydrogen (secondary N) is 2. The van der Waals surface area contributed by atoms with Crippen molar-refractivity contribution in [3.63, 3.8) is 0 Å². The Kier molecular flexibility index (Phi) is 4.47. The van der Waals surface area contributed by atoms with E-state index in [0.29, 0.717) is 12.6 Å². The van der Waals surface area contributed by atoms with E-state index in [1.807, 2.05) is 31.6 Å². The highest BCUT2D eigenvalue weighted by atomic mass is 16.2. The van der Waals surface area contributed by atoms with Gasteiger partial charge in [0.2, 0.25) is 5.91 Å². The van der Waals surface area contributed by atoms with Crippen LogP contribution in [0.25, 0.3) is 0 Å². The smallest absolute Gasteiger partial charge is 0.238 e. The zero-order chi connectivity index (χ0) is 16.4. The normalized spacial score (nSPS) is 18.5. The van der Waals surface area contributed by atoms with Gasteiger partial charge in [0.25, 0.3) is 0 Å². The van der Waals surface area contributed by atoms with Gasteiger partial charge in [0.05, 0.1) is 36.4 Å². The number of aromatic amines is 1. The highest BCUT2D eigenvalue weighted by Crippen LogP contribution is 2.20. The first-order chi connectivity index (χ1) is 11.0. The van der Waals surface area contributed by atoms with Crippen LogP contribution in [0.2, 0.25) is 0 Å². The SMILES string of the molecule is Cc1cnn(C[C@H]2CCCN2CC(=O)Nc2c(C)n[nH]c2C)c1. The fourth-order valence-electron chi connectivity index (χ4n) is 3.19. The number of aryl methyl sites for hydroxylation is 3. The van der Waals surface area contributed by atoms with E-state index in [1.54, 1.807) is 0 Å². The molecule has 124 valence electrons. The molecule has 1 saturated heterocycles. The zero-order valence-corrected chi connectivity index (χ0v) is 14.0. The number of amides is 1. The minimum atomic E-state index is 0.0149. The van der Waals surface area contributed by atoms with E-state index in [4.69, 9.17) is 0 Å². The third kappa shape index (κ3) is 3.61. The number of rotatable bonds is 5. The molecular weight excluding hydrogens is 292 g/mol. The second-order valence-corrected chi connectivity index (χ2v) is 6.36. The van der Waals surface area contributed by atoms with Crippen molar-refractivity contribution in [3.05, 3.63) is 29.3 Å². The molecule has 0 aliphatic carbocycles. The summed E-state index contributed by atoms with van der Waals surface area (Å²) in [5, 5.41) is 14.3. The molecule has 0 bridgehead atoms. The predicted molar refractivity (Wildman–Crippen MR) is 88.3 cm³/mol. The van der Waals surface area contributed by atoms with Crippen molar-refractivity contribution in [1.82, 2.24) is 24.9 Å². The third-order valence-corrected chi connectivity index (χ3v) is 4.40. The molecule has 1 fully saturated rings. The number of H-pyrrole nitrogens is 1. The number of hydrogen-bond acceptors (Lipinski definition) is 4. The summed E-state index contributed by atoms with van der Waals surface area (Å²) >= 11 is 0. The number of carbonyl (C=O) groups excluding carboxylic acids is 1. The van der Waals surface area contributed by atoms with E-state index in [1.165, 1.54) is 0 Å². The Balaban J connectivity index is 1.59. The molecule has 7 nitrogen and oxygen atoms in total. The van der Waals surface area contributed by atoms with E-state index in [-0.39, 0.29) is 5.91 Å². The molecule has 0 radical (unpaired) electrons. The van der Waals surface area contributed by atoms with Crippen LogP contribution >= 0.6 is 0 Å². The van der Waals surface area contributed by atoms with Crippen molar-refractivity contribution in [2.45, 2.75) is 46.2 Å². The van der Waals surface area contributed by atoms with E-state index >= 15 is 0 Å². The van der Waals surface area contributed by atoms with Gasteiger partial charge in [-0.05, 0) is 45.7 Å². The molecular formula is C16H24N6O. The van der Waals surface area contributed by atoms with E-state index in [2.05, 4.69) is 31.7 Å². The molecule has 0 spiro atoms. The molecule has 1 atom stereocenters. The maximum atomic E-state index is 12.4. The van der Waals surface area contributed by atoms with Crippen LogP contribution in [0.15, 0.2) is 12.4 Å². The maximum Gasteiger partial charge on any atom is 0.238 e. The highest BCUT2D eigenvalue weighted by molar-refractivity contribution is 5.93. The fourth-order valence-corrected chi connectivity index (χ4v) is 3.19. The third-order valence-electron chi connectivity index (χ3n) is 4.40. The van der Waals surface area contributed by atoms with Crippen LogP contribution in [0.5, 0.6) is 0 Å². The van der Waals surface area contributed by atoms with Crippen LogP contribution < -0.4 is 5.32 Å². The maximum absolute atomic E-state index is 12.4. The summed E-state index contributed by atoms with van der Waals surface area (Å²) in [4.78, 5) is 14.6. The van der Waals surface area contributed by atoms with Gasteiger partial charge in [0.15, 0.2) is 0 Å². The van der Waals surface area contributed by atoms with Crippen LogP contribution in [0.4, 0.5) is 5.69 Å². The number of carbonyl (C=O) groups is 1. The molecule has 7 heteroatoms. The van der Waals surface area contributed by atoms with Gasteiger partial charge >= 0.3 is 0 Å². The van der Waals surface area contributed by atoms with Gasteiger partial charge in [0.1, 0.15) is 0 Å². The molecule has 1 amide bonds. The number of nitrogens with zero attached hydrogens (tertiary/aromatic N) is 4.